The molecule has 0 aliphatic rings. The molecule has 0 bridgehead atoms. The Morgan fingerprint density at radius 3 is 2.42 bits per heavy atom. The summed E-state index contributed by atoms with van der Waals surface area (Å²) in [5.41, 5.74) is 2.01. The second-order valence-electron chi connectivity index (χ2n) is 5.85. The molecule has 0 aliphatic carbocycles. The minimum atomic E-state index is -3.92. The van der Waals surface area contributed by atoms with Crippen LogP contribution in [0, 0.1) is 13.8 Å². The first-order valence-electron chi connectivity index (χ1n) is 7.99. The molecule has 2 aromatic carbocycles. The zero-order valence-electron chi connectivity index (χ0n) is 14.7. The third kappa shape index (κ3) is 4.65. The van der Waals surface area contributed by atoms with Crippen LogP contribution in [0.4, 0.5) is 5.69 Å². The fourth-order valence-electron chi connectivity index (χ4n) is 2.41. The topological polar surface area (TPSA) is 66.5 Å². The number of nitrogens with zero attached hydrogens (tertiary/aromatic N) is 1. The number of nitrogens with one attached hydrogen (secondary N) is 1. The molecular formula is C19H21ClN2O3S. The minimum Gasteiger partial charge on any atom is -0.351 e. The SMILES string of the molecule is C=CCNC(=O)CN(c1ccc(Cl)cc1C)S(=O)(=O)c1ccc(C)cc1. The predicted octanol–water partition coefficient (Wildman–Crippen LogP) is 3.45. The van der Waals surface area contributed by atoms with Crippen molar-refractivity contribution in [3.05, 3.63) is 71.3 Å². The van der Waals surface area contributed by atoms with Gasteiger partial charge in [0.25, 0.3) is 10.0 Å². The second kappa shape index (κ2) is 8.38. The van der Waals surface area contributed by atoms with Crippen LogP contribution in [0.25, 0.3) is 0 Å². The summed E-state index contributed by atoms with van der Waals surface area (Å²) < 4.78 is 27.5. The average Bonchev–Trinajstić information content (AvgIpc) is 2.58. The first-order chi connectivity index (χ1) is 12.3. The third-order valence-corrected chi connectivity index (χ3v) is 5.78. The zero-order chi connectivity index (χ0) is 19.3. The van der Waals surface area contributed by atoms with E-state index in [0.717, 1.165) is 9.87 Å². The molecule has 26 heavy (non-hydrogen) atoms. The van der Waals surface area contributed by atoms with Crippen molar-refractivity contribution in [2.75, 3.05) is 17.4 Å². The van der Waals surface area contributed by atoms with E-state index in [9.17, 15) is 13.2 Å². The molecule has 2 rings (SSSR count). The number of anilines is 1. The highest BCUT2D eigenvalue weighted by Gasteiger charge is 2.28. The van der Waals surface area contributed by atoms with Crippen molar-refractivity contribution < 1.29 is 13.2 Å². The van der Waals surface area contributed by atoms with Crippen LogP contribution in [0.3, 0.4) is 0 Å². The fraction of sp³-hybridized carbons (Fsp3) is 0.211. The Labute approximate surface area is 159 Å². The number of sulfonamides is 1. The second-order valence-corrected chi connectivity index (χ2v) is 8.15. The molecule has 0 aromatic heterocycles. The van der Waals surface area contributed by atoms with Crippen molar-refractivity contribution in [3.8, 4) is 0 Å². The number of aryl methyl sites for hydroxylation is 2. The number of halogens is 1. The fourth-order valence-corrected chi connectivity index (χ4v) is 4.12. The van der Waals surface area contributed by atoms with Gasteiger partial charge in [-0.3, -0.25) is 9.10 Å². The van der Waals surface area contributed by atoms with Crippen LogP contribution < -0.4 is 9.62 Å². The Hall–Kier alpha value is -2.31. The van der Waals surface area contributed by atoms with Crippen LogP contribution in [0.5, 0.6) is 0 Å². The smallest absolute Gasteiger partial charge is 0.264 e. The third-order valence-electron chi connectivity index (χ3n) is 3.77. The molecule has 1 N–H and O–H groups in total. The van der Waals surface area contributed by atoms with Crippen LogP contribution in [0.1, 0.15) is 11.1 Å². The zero-order valence-corrected chi connectivity index (χ0v) is 16.3. The van der Waals surface area contributed by atoms with E-state index in [1.807, 2.05) is 6.92 Å². The van der Waals surface area contributed by atoms with Crippen LogP contribution in [0.2, 0.25) is 5.02 Å². The highest BCUT2D eigenvalue weighted by atomic mass is 35.5. The van der Waals surface area contributed by atoms with Crippen molar-refractivity contribution in [1.82, 2.24) is 5.32 Å². The maximum absolute atomic E-state index is 13.2. The summed E-state index contributed by atoms with van der Waals surface area (Å²) in [6, 6.07) is 11.4. The van der Waals surface area contributed by atoms with Gasteiger partial charge in [-0.25, -0.2) is 8.42 Å². The predicted molar refractivity (Wildman–Crippen MR) is 105 cm³/mol. The lowest BCUT2D eigenvalue weighted by Crippen LogP contribution is -2.41. The molecule has 0 unspecified atom stereocenters. The van der Waals surface area contributed by atoms with Gasteiger partial charge < -0.3 is 5.32 Å². The lowest BCUT2D eigenvalue weighted by Gasteiger charge is -2.25. The van der Waals surface area contributed by atoms with Gasteiger partial charge in [-0.1, -0.05) is 35.4 Å². The van der Waals surface area contributed by atoms with E-state index in [1.165, 1.54) is 18.2 Å². The number of benzene rings is 2. The summed E-state index contributed by atoms with van der Waals surface area (Å²) in [5.74, 6) is -0.421. The van der Waals surface area contributed by atoms with E-state index in [2.05, 4.69) is 11.9 Å². The molecule has 0 heterocycles. The first-order valence-corrected chi connectivity index (χ1v) is 9.80. The molecule has 0 atom stereocenters. The molecular weight excluding hydrogens is 372 g/mol. The molecule has 1 amide bonds. The van der Waals surface area contributed by atoms with Crippen molar-refractivity contribution >= 4 is 33.2 Å². The van der Waals surface area contributed by atoms with E-state index in [-0.39, 0.29) is 18.0 Å². The van der Waals surface area contributed by atoms with Crippen LogP contribution >= 0.6 is 11.6 Å². The lowest BCUT2D eigenvalue weighted by atomic mass is 10.2. The summed E-state index contributed by atoms with van der Waals surface area (Å²) in [7, 11) is -3.92. The van der Waals surface area contributed by atoms with Crippen molar-refractivity contribution in [3.63, 3.8) is 0 Å². The van der Waals surface area contributed by atoms with Gasteiger partial charge in [-0.05, 0) is 49.7 Å². The van der Waals surface area contributed by atoms with Gasteiger partial charge in [0, 0.05) is 11.6 Å². The Morgan fingerprint density at radius 1 is 1.19 bits per heavy atom. The number of amides is 1. The maximum Gasteiger partial charge on any atom is 0.264 e. The van der Waals surface area contributed by atoms with E-state index in [4.69, 9.17) is 11.6 Å². The minimum absolute atomic E-state index is 0.119. The summed E-state index contributed by atoms with van der Waals surface area (Å²) >= 11 is 5.99. The standard InChI is InChI=1S/C19H21ClN2O3S/c1-4-11-21-19(23)13-22(18-10-7-16(20)12-15(18)3)26(24,25)17-8-5-14(2)6-9-17/h4-10,12H,1,11,13H2,2-3H3,(H,21,23). The highest BCUT2D eigenvalue weighted by molar-refractivity contribution is 7.92. The van der Waals surface area contributed by atoms with Gasteiger partial charge >= 0.3 is 0 Å². The van der Waals surface area contributed by atoms with Gasteiger partial charge in [-0.15, -0.1) is 6.58 Å². The molecule has 138 valence electrons. The number of carbonyl (C=O) groups excluding carboxylic acids is 1. The van der Waals surface area contributed by atoms with Gasteiger partial charge in [0.2, 0.25) is 5.91 Å². The van der Waals surface area contributed by atoms with E-state index in [0.29, 0.717) is 16.3 Å². The maximum atomic E-state index is 13.2. The molecule has 0 spiro atoms. The summed E-state index contributed by atoms with van der Waals surface area (Å²) in [5, 5.41) is 3.10. The molecule has 7 heteroatoms. The molecule has 0 saturated heterocycles. The molecule has 2 aromatic rings. The van der Waals surface area contributed by atoms with Crippen molar-refractivity contribution in [2.45, 2.75) is 18.7 Å². The number of hydrogen-bond donors (Lipinski definition) is 1. The molecule has 0 fully saturated rings. The summed E-state index contributed by atoms with van der Waals surface area (Å²) in [6.45, 7) is 7.08. The normalized spacial score (nSPS) is 11.0. The number of hydrogen-bond acceptors (Lipinski definition) is 3. The summed E-state index contributed by atoms with van der Waals surface area (Å²) in [6.07, 6.45) is 1.53. The number of rotatable bonds is 7. The van der Waals surface area contributed by atoms with Crippen LogP contribution in [-0.4, -0.2) is 27.4 Å². The van der Waals surface area contributed by atoms with Crippen molar-refractivity contribution in [1.29, 1.82) is 0 Å². The largest absolute Gasteiger partial charge is 0.351 e. The van der Waals surface area contributed by atoms with Gasteiger partial charge in [-0.2, -0.15) is 0 Å². The van der Waals surface area contributed by atoms with Crippen LogP contribution in [-0.2, 0) is 14.8 Å². The van der Waals surface area contributed by atoms with Gasteiger partial charge in [0.15, 0.2) is 0 Å². The average molecular weight is 393 g/mol. The Kier molecular flexibility index (Phi) is 6.45. The Morgan fingerprint density at radius 2 is 1.85 bits per heavy atom. The lowest BCUT2D eigenvalue weighted by molar-refractivity contribution is -0.119. The van der Waals surface area contributed by atoms with E-state index >= 15 is 0 Å². The Balaban J connectivity index is 2.50. The number of carbonyl (C=O) groups is 1. The van der Waals surface area contributed by atoms with E-state index in [1.54, 1.807) is 37.3 Å². The van der Waals surface area contributed by atoms with Crippen molar-refractivity contribution in [2.24, 2.45) is 0 Å². The molecule has 5 nitrogen and oxygen atoms in total. The van der Waals surface area contributed by atoms with Gasteiger partial charge in [0.1, 0.15) is 6.54 Å². The Bertz CT molecular complexity index is 909. The van der Waals surface area contributed by atoms with Gasteiger partial charge in [0.05, 0.1) is 10.6 Å². The monoisotopic (exact) mass is 392 g/mol. The highest BCUT2D eigenvalue weighted by Crippen LogP contribution is 2.28. The molecule has 0 radical (unpaired) electrons. The van der Waals surface area contributed by atoms with E-state index < -0.39 is 15.9 Å². The first kappa shape index (κ1) is 20.0. The molecule has 0 aliphatic heterocycles. The molecule has 0 saturated carbocycles. The van der Waals surface area contributed by atoms with Crippen LogP contribution in [0.15, 0.2) is 60.0 Å². The summed E-state index contributed by atoms with van der Waals surface area (Å²) in [4.78, 5) is 12.3. The quantitative estimate of drug-likeness (QED) is 0.734.